The van der Waals surface area contributed by atoms with Gasteiger partial charge in [0.15, 0.2) is 17.2 Å². The number of esters is 1. The van der Waals surface area contributed by atoms with Gasteiger partial charge in [-0.05, 0) is 70.2 Å². The molecular formula is C22H22BrNO4. The van der Waals surface area contributed by atoms with Gasteiger partial charge in [0, 0.05) is 5.56 Å². The second kappa shape index (κ2) is 8.61. The Morgan fingerprint density at radius 2 is 1.93 bits per heavy atom. The molecule has 0 aromatic heterocycles. The number of nitrogens with zero attached hydrogens (tertiary/aromatic N) is 1. The van der Waals surface area contributed by atoms with Crippen LogP contribution in [0.3, 0.4) is 0 Å². The molecule has 0 radical (unpaired) electrons. The summed E-state index contributed by atoms with van der Waals surface area (Å²) in [6.07, 6.45) is 1.67. The van der Waals surface area contributed by atoms with Crippen molar-refractivity contribution in [2.24, 2.45) is 4.99 Å². The molecule has 5 nitrogen and oxygen atoms in total. The summed E-state index contributed by atoms with van der Waals surface area (Å²) in [5, 5.41) is 0. The molecule has 2 aromatic rings. The molecule has 0 N–H and O–H groups in total. The zero-order valence-corrected chi connectivity index (χ0v) is 17.9. The highest BCUT2D eigenvalue weighted by Crippen LogP contribution is 2.37. The van der Waals surface area contributed by atoms with Crippen molar-refractivity contribution in [1.82, 2.24) is 0 Å². The molecule has 1 heterocycles. The van der Waals surface area contributed by atoms with Gasteiger partial charge in [0.2, 0.25) is 5.90 Å². The summed E-state index contributed by atoms with van der Waals surface area (Å²) < 4.78 is 17.1. The Kier molecular flexibility index (Phi) is 6.19. The van der Waals surface area contributed by atoms with Crippen LogP contribution in [0.15, 0.2) is 51.6 Å². The molecule has 0 saturated carbocycles. The van der Waals surface area contributed by atoms with E-state index in [4.69, 9.17) is 14.2 Å². The number of aliphatic imine (C=N–C) groups is 1. The van der Waals surface area contributed by atoms with Gasteiger partial charge in [-0.25, -0.2) is 9.79 Å². The van der Waals surface area contributed by atoms with Gasteiger partial charge in [-0.15, -0.1) is 0 Å². The Labute approximate surface area is 173 Å². The molecular weight excluding hydrogens is 422 g/mol. The third-order valence-corrected chi connectivity index (χ3v) is 4.88. The number of methoxy groups -OCH3 is 1. The highest BCUT2D eigenvalue weighted by atomic mass is 79.9. The minimum Gasteiger partial charge on any atom is -0.493 e. The monoisotopic (exact) mass is 443 g/mol. The zero-order chi connectivity index (χ0) is 20.3. The standard InChI is InChI=1S/C22H22BrNO4/c1-5-27-20-17(23)10-14(12-19(20)26-4)11-18-22(25)28-21(24-18)16-8-6-15(7-9-16)13(2)3/h6-13H,5H2,1-4H3/b18-11-. The van der Waals surface area contributed by atoms with Gasteiger partial charge in [-0.3, -0.25) is 0 Å². The van der Waals surface area contributed by atoms with Crippen LogP contribution < -0.4 is 9.47 Å². The van der Waals surface area contributed by atoms with Gasteiger partial charge in [-0.2, -0.15) is 0 Å². The first-order valence-corrected chi connectivity index (χ1v) is 9.85. The molecule has 6 heteroatoms. The minimum absolute atomic E-state index is 0.237. The van der Waals surface area contributed by atoms with Gasteiger partial charge >= 0.3 is 5.97 Å². The summed E-state index contributed by atoms with van der Waals surface area (Å²) in [6, 6.07) is 11.5. The van der Waals surface area contributed by atoms with Crippen LogP contribution in [0.1, 0.15) is 43.4 Å². The topological polar surface area (TPSA) is 57.1 Å². The van der Waals surface area contributed by atoms with Crippen molar-refractivity contribution in [3.05, 3.63) is 63.3 Å². The predicted molar refractivity (Wildman–Crippen MR) is 113 cm³/mol. The fourth-order valence-electron chi connectivity index (χ4n) is 2.81. The maximum absolute atomic E-state index is 12.3. The summed E-state index contributed by atoms with van der Waals surface area (Å²) >= 11 is 3.48. The van der Waals surface area contributed by atoms with Crippen molar-refractivity contribution in [2.75, 3.05) is 13.7 Å². The highest BCUT2D eigenvalue weighted by Gasteiger charge is 2.24. The Morgan fingerprint density at radius 1 is 1.21 bits per heavy atom. The van der Waals surface area contributed by atoms with Crippen LogP contribution in [-0.2, 0) is 9.53 Å². The largest absolute Gasteiger partial charge is 0.493 e. The Hall–Kier alpha value is -2.60. The number of hydrogen-bond acceptors (Lipinski definition) is 5. The first kappa shape index (κ1) is 20.1. The quantitative estimate of drug-likeness (QED) is 0.447. The SMILES string of the molecule is CCOc1c(Br)cc(/C=C2\N=C(c3ccc(C(C)C)cc3)OC2=O)cc1OC. The number of hydrogen-bond donors (Lipinski definition) is 0. The van der Waals surface area contributed by atoms with Gasteiger partial charge < -0.3 is 14.2 Å². The molecule has 146 valence electrons. The first-order chi connectivity index (χ1) is 13.4. The summed E-state index contributed by atoms with van der Waals surface area (Å²) in [7, 11) is 1.57. The van der Waals surface area contributed by atoms with E-state index in [1.54, 1.807) is 19.3 Å². The first-order valence-electron chi connectivity index (χ1n) is 9.06. The van der Waals surface area contributed by atoms with Crippen LogP contribution in [0.4, 0.5) is 0 Å². The van der Waals surface area contributed by atoms with Gasteiger partial charge in [-0.1, -0.05) is 26.0 Å². The number of carbonyl (C=O) groups is 1. The number of rotatable bonds is 6. The third kappa shape index (κ3) is 4.28. The van der Waals surface area contributed by atoms with Crippen molar-refractivity contribution in [3.8, 4) is 11.5 Å². The number of benzene rings is 2. The zero-order valence-electron chi connectivity index (χ0n) is 16.3. The van der Waals surface area contributed by atoms with Crippen molar-refractivity contribution in [1.29, 1.82) is 0 Å². The lowest BCUT2D eigenvalue weighted by Crippen LogP contribution is -2.05. The van der Waals surface area contributed by atoms with Crippen molar-refractivity contribution >= 4 is 33.9 Å². The van der Waals surface area contributed by atoms with Gasteiger partial charge in [0.05, 0.1) is 18.2 Å². The molecule has 0 unspecified atom stereocenters. The summed E-state index contributed by atoms with van der Waals surface area (Å²) in [5.74, 6) is 1.46. The van der Waals surface area contributed by atoms with Crippen LogP contribution in [-0.4, -0.2) is 25.6 Å². The average Bonchev–Trinajstić information content (AvgIpc) is 3.04. The van der Waals surface area contributed by atoms with Crippen molar-refractivity contribution in [2.45, 2.75) is 26.7 Å². The van der Waals surface area contributed by atoms with Gasteiger partial charge in [0.1, 0.15) is 0 Å². The molecule has 0 fully saturated rings. The Bertz CT molecular complexity index is 946. The predicted octanol–water partition coefficient (Wildman–Crippen LogP) is 5.32. The molecule has 1 aliphatic rings. The lowest BCUT2D eigenvalue weighted by Gasteiger charge is -2.12. The molecule has 0 spiro atoms. The highest BCUT2D eigenvalue weighted by molar-refractivity contribution is 9.10. The maximum Gasteiger partial charge on any atom is 0.363 e. The molecule has 0 atom stereocenters. The van der Waals surface area contributed by atoms with Crippen LogP contribution in [0.5, 0.6) is 11.5 Å². The van der Waals surface area contributed by atoms with E-state index in [2.05, 4.69) is 34.8 Å². The second-order valence-electron chi connectivity index (χ2n) is 6.58. The molecule has 0 aliphatic carbocycles. The molecule has 3 rings (SSSR count). The maximum atomic E-state index is 12.3. The number of cyclic esters (lactones) is 1. The smallest absolute Gasteiger partial charge is 0.363 e. The van der Waals surface area contributed by atoms with Gasteiger partial charge in [0.25, 0.3) is 0 Å². The van der Waals surface area contributed by atoms with E-state index in [-0.39, 0.29) is 5.70 Å². The van der Waals surface area contributed by atoms with E-state index in [0.29, 0.717) is 29.9 Å². The number of ether oxygens (including phenoxy) is 3. The summed E-state index contributed by atoms with van der Waals surface area (Å²) in [5.41, 5.74) is 2.97. The fraction of sp³-hybridized carbons (Fsp3) is 0.273. The summed E-state index contributed by atoms with van der Waals surface area (Å²) in [4.78, 5) is 16.6. The Morgan fingerprint density at radius 3 is 2.54 bits per heavy atom. The van der Waals surface area contributed by atoms with E-state index in [9.17, 15) is 4.79 Å². The average molecular weight is 444 g/mol. The fourth-order valence-corrected chi connectivity index (χ4v) is 3.38. The van der Waals surface area contributed by atoms with E-state index in [1.165, 1.54) is 5.56 Å². The minimum atomic E-state index is -0.480. The van der Waals surface area contributed by atoms with Crippen LogP contribution in [0.2, 0.25) is 0 Å². The van der Waals surface area contributed by atoms with Crippen LogP contribution in [0, 0.1) is 0 Å². The number of carbonyl (C=O) groups excluding carboxylic acids is 1. The normalized spacial score (nSPS) is 15.0. The number of halogens is 1. The third-order valence-electron chi connectivity index (χ3n) is 4.29. The molecule has 0 saturated heterocycles. The van der Waals surface area contributed by atoms with Crippen LogP contribution >= 0.6 is 15.9 Å². The lowest BCUT2D eigenvalue weighted by atomic mass is 10.0. The van der Waals surface area contributed by atoms with E-state index >= 15 is 0 Å². The summed E-state index contributed by atoms with van der Waals surface area (Å²) in [6.45, 7) is 6.68. The van der Waals surface area contributed by atoms with Crippen molar-refractivity contribution in [3.63, 3.8) is 0 Å². The van der Waals surface area contributed by atoms with Crippen molar-refractivity contribution < 1.29 is 19.0 Å². The van der Waals surface area contributed by atoms with Crippen LogP contribution in [0.25, 0.3) is 6.08 Å². The molecule has 0 bridgehead atoms. The molecule has 0 amide bonds. The lowest BCUT2D eigenvalue weighted by molar-refractivity contribution is -0.129. The van der Waals surface area contributed by atoms with E-state index in [0.717, 1.165) is 15.6 Å². The molecule has 28 heavy (non-hydrogen) atoms. The van der Waals surface area contributed by atoms with E-state index < -0.39 is 5.97 Å². The molecule has 2 aromatic carbocycles. The second-order valence-corrected chi connectivity index (χ2v) is 7.43. The Balaban J connectivity index is 1.92. The molecule has 1 aliphatic heterocycles. The van der Waals surface area contributed by atoms with E-state index in [1.807, 2.05) is 37.3 Å².